The number of rotatable bonds is 5. The lowest BCUT2D eigenvalue weighted by Crippen LogP contribution is -2.43. The van der Waals surface area contributed by atoms with E-state index in [9.17, 15) is 9.59 Å². The molecular formula is C20H28N2O3. The van der Waals surface area contributed by atoms with Gasteiger partial charge in [-0.2, -0.15) is 0 Å². The summed E-state index contributed by atoms with van der Waals surface area (Å²) in [5.74, 6) is -0.0313. The van der Waals surface area contributed by atoms with Crippen LogP contribution in [-0.2, 0) is 20.7 Å². The third-order valence-corrected chi connectivity index (χ3v) is 5.48. The minimum absolute atomic E-state index is 0.0559. The Labute approximate surface area is 149 Å². The third-order valence-electron chi connectivity index (χ3n) is 5.48. The number of ether oxygens (including phenoxy) is 1. The van der Waals surface area contributed by atoms with Crippen molar-refractivity contribution in [3.05, 3.63) is 35.4 Å². The van der Waals surface area contributed by atoms with E-state index in [0.717, 1.165) is 12.8 Å². The summed E-state index contributed by atoms with van der Waals surface area (Å²) in [4.78, 5) is 26.0. The molecule has 1 amide bonds. The number of nitrogens with one attached hydrogen (secondary N) is 1. The predicted molar refractivity (Wildman–Crippen MR) is 96.0 cm³/mol. The first-order valence-corrected chi connectivity index (χ1v) is 9.28. The molecule has 1 N–H and O–H groups in total. The van der Waals surface area contributed by atoms with Crippen LogP contribution in [0.1, 0.15) is 49.8 Å². The van der Waals surface area contributed by atoms with Crippen LogP contribution in [0.3, 0.4) is 0 Å². The molecule has 1 heterocycles. The molecule has 3 rings (SSSR count). The second-order valence-corrected chi connectivity index (χ2v) is 7.24. The van der Waals surface area contributed by atoms with Crippen LogP contribution < -0.4 is 5.32 Å². The van der Waals surface area contributed by atoms with Crippen LogP contribution in [0.2, 0.25) is 0 Å². The third kappa shape index (κ3) is 4.21. The quantitative estimate of drug-likeness (QED) is 0.834. The van der Waals surface area contributed by atoms with Crippen molar-refractivity contribution in [2.75, 3.05) is 20.2 Å². The zero-order chi connectivity index (χ0) is 17.8. The number of likely N-dealkylation sites (tertiary alicyclic amines) is 1. The first kappa shape index (κ1) is 17.9. The van der Waals surface area contributed by atoms with Crippen molar-refractivity contribution >= 4 is 11.9 Å². The highest BCUT2D eigenvalue weighted by Crippen LogP contribution is 2.31. The van der Waals surface area contributed by atoms with E-state index in [1.807, 2.05) is 4.90 Å². The van der Waals surface area contributed by atoms with Crippen LogP contribution in [0, 0.1) is 5.92 Å². The molecule has 1 fully saturated rings. The molecule has 1 aromatic rings. The minimum Gasteiger partial charge on any atom is -0.469 e. The minimum atomic E-state index is -0.151. The Balaban J connectivity index is 1.47. The number of fused-ring (bicyclic) bond motifs is 1. The first-order chi connectivity index (χ1) is 12.1. The summed E-state index contributed by atoms with van der Waals surface area (Å²) in [6.07, 6.45) is 4.12. The summed E-state index contributed by atoms with van der Waals surface area (Å²) in [6.45, 7) is 3.38. The van der Waals surface area contributed by atoms with E-state index in [2.05, 4.69) is 36.5 Å². The fraction of sp³-hybridized carbons (Fsp3) is 0.600. The van der Waals surface area contributed by atoms with Crippen LogP contribution in [0.25, 0.3) is 0 Å². The Hall–Kier alpha value is -1.88. The number of benzene rings is 1. The topological polar surface area (TPSA) is 58.6 Å². The number of piperidine rings is 1. The second-order valence-electron chi connectivity index (χ2n) is 7.24. The van der Waals surface area contributed by atoms with Gasteiger partial charge in [0.15, 0.2) is 0 Å². The van der Waals surface area contributed by atoms with E-state index in [1.165, 1.54) is 18.2 Å². The molecular weight excluding hydrogens is 316 g/mol. The SMILES string of the molecule is COC(=O)C1CCN(C(=O)C[C@@H](C)N[C@@H]2CCc3ccccc32)CC1. The van der Waals surface area contributed by atoms with Crippen molar-refractivity contribution < 1.29 is 14.3 Å². The number of aryl methyl sites for hydroxylation is 1. The number of carbonyl (C=O) groups is 2. The zero-order valence-corrected chi connectivity index (χ0v) is 15.2. The van der Waals surface area contributed by atoms with E-state index in [0.29, 0.717) is 38.4 Å². The normalized spacial score (nSPS) is 21.7. The lowest BCUT2D eigenvalue weighted by Gasteiger charge is -2.32. The molecule has 0 aromatic heterocycles. The standard InChI is InChI=1S/C20H28N2O3/c1-14(21-18-8-7-15-5-3-4-6-17(15)18)13-19(23)22-11-9-16(10-12-22)20(24)25-2/h3-6,14,16,18,21H,7-13H2,1-2H3/t14-,18-/m1/s1. The summed E-state index contributed by atoms with van der Waals surface area (Å²) in [5.41, 5.74) is 2.80. The highest BCUT2D eigenvalue weighted by molar-refractivity contribution is 5.77. The van der Waals surface area contributed by atoms with Gasteiger partial charge in [-0.25, -0.2) is 0 Å². The Morgan fingerprint density at radius 2 is 1.96 bits per heavy atom. The molecule has 2 atom stereocenters. The molecule has 0 bridgehead atoms. The molecule has 1 saturated heterocycles. The van der Waals surface area contributed by atoms with Crippen molar-refractivity contribution in [1.29, 1.82) is 0 Å². The maximum Gasteiger partial charge on any atom is 0.308 e. The van der Waals surface area contributed by atoms with E-state index in [-0.39, 0.29) is 23.8 Å². The highest BCUT2D eigenvalue weighted by atomic mass is 16.5. The number of nitrogens with zero attached hydrogens (tertiary/aromatic N) is 1. The molecule has 0 saturated carbocycles. The molecule has 5 nitrogen and oxygen atoms in total. The summed E-state index contributed by atoms with van der Waals surface area (Å²) in [6, 6.07) is 9.04. The second kappa shape index (κ2) is 8.00. The van der Waals surface area contributed by atoms with E-state index < -0.39 is 0 Å². The van der Waals surface area contributed by atoms with Gasteiger partial charge in [0.25, 0.3) is 0 Å². The summed E-state index contributed by atoms with van der Waals surface area (Å²) >= 11 is 0. The van der Waals surface area contributed by atoms with E-state index in [1.54, 1.807) is 0 Å². The molecule has 0 radical (unpaired) electrons. The van der Waals surface area contributed by atoms with Gasteiger partial charge in [-0.1, -0.05) is 24.3 Å². The smallest absolute Gasteiger partial charge is 0.308 e. The van der Waals surface area contributed by atoms with Crippen LogP contribution in [0.4, 0.5) is 0 Å². The molecule has 1 aliphatic carbocycles. The Morgan fingerprint density at radius 1 is 1.24 bits per heavy atom. The first-order valence-electron chi connectivity index (χ1n) is 9.28. The number of hydrogen-bond donors (Lipinski definition) is 1. The largest absolute Gasteiger partial charge is 0.469 e. The van der Waals surface area contributed by atoms with Crippen molar-refractivity contribution in [2.24, 2.45) is 5.92 Å². The van der Waals surface area contributed by atoms with Crippen molar-refractivity contribution in [3.8, 4) is 0 Å². The van der Waals surface area contributed by atoms with Crippen molar-refractivity contribution in [3.63, 3.8) is 0 Å². The molecule has 25 heavy (non-hydrogen) atoms. The van der Waals surface area contributed by atoms with Gasteiger partial charge in [-0.15, -0.1) is 0 Å². The van der Waals surface area contributed by atoms with Gasteiger partial charge in [0.05, 0.1) is 13.0 Å². The Bertz CT molecular complexity index is 623. The van der Waals surface area contributed by atoms with Crippen LogP contribution in [0.5, 0.6) is 0 Å². The number of esters is 1. The summed E-state index contributed by atoms with van der Waals surface area (Å²) in [5, 5.41) is 3.62. The van der Waals surface area contributed by atoms with E-state index in [4.69, 9.17) is 4.74 Å². The highest BCUT2D eigenvalue weighted by Gasteiger charge is 2.29. The Morgan fingerprint density at radius 3 is 2.68 bits per heavy atom. The molecule has 1 aromatic carbocycles. The lowest BCUT2D eigenvalue weighted by atomic mass is 9.96. The lowest BCUT2D eigenvalue weighted by molar-refractivity contribution is -0.149. The average Bonchev–Trinajstić information content (AvgIpc) is 3.04. The molecule has 0 unspecified atom stereocenters. The van der Waals surface area contributed by atoms with Crippen LogP contribution >= 0.6 is 0 Å². The Kier molecular flexibility index (Phi) is 5.74. The fourth-order valence-corrected chi connectivity index (χ4v) is 4.05. The van der Waals surface area contributed by atoms with Gasteiger partial charge >= 0.3 is 5.97 Å². The average molecular weight is 344 g/mol. The maximum absolute atomic E-state index is 12.5. The number of methoxy groups -OCH3 is 1. The number of hydrogen-bond acceptors (Lipinski definition) is 4. The van der Waals surface area contributed by atoms with Crippen molar-refractivity contribution in [1.82, 2.24) is 10.2 Å². The molecule has 0 spiro atoms. The molecule has 2 aliphatic rings. The molecule has 136 valence electrons. The fourth-order valence-electron chi connectivity index (χ4n) is 4.05. The van der Waals surface area contributed by atoms with Gasteiger partial charge < -0.3 is 15.0 Å². The summed E-state index contributed by atoms with van der Waals surface area (Å²) in [7, 11) is 1.42. The van der Waals surface area contributed by atoms with E-state index >= 15 is 0 Å². The summed E-state index contributed by atoms with van der Waals surface area (Å²) < 4.78 is 4.80. The van der Waals surface area contributed by atoms with Gasteiger partial charge in [-0.05, 0) is 43.7 Å². The predicted octanol–water partition coefficient (Wildman–Crippen LogP) is 2.45. The molecule has 5 heteroatoms. The number of carbonyl (C=O) groups excluding carboxylic acids is 2. The zero-order valence-electron chi connectivity index (χ0n) is 15.2. The van der Waals surface area contributed by atoms with Crippen molar-refractivity contribution in [2.45, 2.75) is 51.1 Å². The number of amides is 1. The van der Waals surface area contributed by atoms with Crippen LogP contribution in [0.15, 0.2) is 24.3 Å². The molecule has 1 aliphatic heterocycles. The van der Waals surface area contributed by atoms with Gasteiger partial charge in [0.1, 0.15) is 0 Å². The van der Waals surface area contributed by atoms with Gasteiger partial charge in [0, 0.05) is 31.6 Å². The van der Waals surface area contributed by atoms with Crippen LogP contribution in [-0.4, -0.2) is 43.0 Å². The van der Waals surface area contributed by atoms with Gasteiger partial charge in [-0.3, -0.25) is 9.59 Å². The maximum atomic E-state index is 12.5. The monoisotopic (exact) mass is 344 g/mol. The van der Waals surface area contributed by atoms with Gasteiger partial charge in [0.2, 0.25) is 5.91 Å².